The van der Waals surface area contributed by atoms with Gasteiger partial charge in [-0.25, -0.2) is 0 Å². The Morgan fingerprint density at radius 2 is 2.00 bits per heavy atom. The van der Waals surface area contributed by atoms with Gasteiger partial charge in [0.1, 0.15) is 6.23 Å². The number of rotatable bonds is 4. The van der Waals surface area contributed by atoms with Crippen molar-refractivity contribution >= 4 is 7.60 Å². The van der Waals surface area contributed by atoms with Gasteiger partial charge in [0.05, 0.1) is 12.9 Å². The van der Waals surface area contributed by atoms with Crippen LogP contribution in [0.1, 0.15) is 0 Å². The van der Waals surface area contributed by atoms with E-state index in [1.165, 1.54) is 0 Å². The van der Waals surface area contributed by atoms with Crippen LogP contribution in [0.25, 0.3) is 0 Å². The topological polar surface area (TPSA) is 110 Å². The minimum Gasteiger partial charge on any atom is -0.381 e. The normalized spacial score (nSPS) is 15.2. The maximum Gasteiger partial charge on any atom is 0.329 e. The molecular weight excluding hydrogens is 161 g/mol. The molecule has 0 radical (unpaired) electrons. The Hall–Kier alpha value is 0.0300. The van der Waals surface area contributed by atoms with E-state index >= 15 is 0 Å². The van der Waals surface area contributed by atoms with Crippen LogP contribution in [0, 0.1) is 0 Å². The monoisotopic (exact) mass is 171 g/mol. The van der Waals surface area contributed by atoms with Crippen LogP contribution in [0.4, 0.5) is 0 Å². The molecule has 0 aliphatic rings. The maximum atomic E-state index is 10.1. The zero-order chi connectivity index (χ0) is 8.20. The molecule has 1 unspecified atom stereocenters. The summed E-state index contributed by atoms with van der Waals surface area (Å²) in [5.74, 6) is 0. The summed E-state index contributed by atoms with van der Waals surface area (Å²) in [7, 11) is -4.18. The second-order valence-corrected chi connectivity index (χ2v) is 3.42. The van der Waals surface area contributed by atoms with Crippen molar-refractivity contribution in [2.75, 3.05) is 12.9 Å². The molecule has 0 amide bonds. The van der Waals surface area contributed by atoms with E-state index in [4.69, 9.17) is 20.0 Å². The molecule has 0 fully saturated rings. The van der Waals surface area contributed by atoms with Crippen molar-refractivity contribution in [3.05, 3.63) is 0 Å². The van der Waals surface area contributed by atoms with E-state index in [0.29, 0.717) is 0 Å². The van der Waals surface area contributed by atoms with E-state index in [0.717, 1.165) is 0 Å². The fourth-order valence-electron chi connectivity index (χ4n) is 0.395. The van der Waals surface area contributed by atoms with Gasteiger partial charge < -0.3 is 20.0 Å². The molecule has 0 bridgehead atoms. The van der Waals surface area contributed by atoms with Crippen LogP contribution in [0.15, 0.2) is 0 Å². The molecule has 0 aromatic rings. The van der Waals surface area contributed by atoms with Gasteiger partial charge in [-0.2, -0.15) is 0 Å². The number of nitrogens with one attached hydrogen (secondary N) is 1. The average Bonchev–Trinajstić information content (AvgIpc) is 1.59. The molecule has 7 heteroatoms. The maximum absolute atomic E-state index is 10.1. The largest absolute Gasteiger partial charge is 0.381 e. The van der Waals surface area contributed by atoms with Crippen molar-refractivity contribution in [2.24, 2.45) is 0 Å². The van der Waals surface area contributed by atoms with Crippen LogP contribution < -0.4 is 5.32 Å². The van der Waals surface area contributed by atoms with Crippen molar-refractivity contribution in [2.45, 2.75) is 6.23 Å². The lowest BCUT2D eigenvalue weighted by molar-refractivity contribution is 0.111. The number of aliphatic hydroxyl groups excluding tert-OH is 2. The molecule has 0 saturated carbocycles. The Kier molecular flexibility index (Phi) is 4.04. The van der Waals surface area contributed by atoms with Crippen LogP contribution in [0.3, 0.4) is 0 Å². The Bertz CT molecular complexity index is 133. The molecular formula is C3H10NO5P. The van der Waals surface area contributed by atoms with Gasteiger partial charge in [-0.1, -0.05) is 0 Å². The van der Waals surface area contributed by atoms with Gasteiger partial charge in [0.25, 0.3) is 0 Å². The van der Waals surface area contributed by atoms with Crippen molar-refractivity contribution in [1.82, 2.24) is 5.32 Å². The molecule has 5 N–H and O–H groups in total. The standard InChI is InChI=1S/C3H10NO5P/c5-2-4-3(6)1-10(7,8)9/h3-6H,1-2H2,(H2,7,8,9). The lowest BCUT2D eigenvalue weighted by Crippen LogP contribution is -2.32. The summed E-state index contributed by atoms with van der Waals surface area (Å²) in [5.41, 5.74) is 0. The molecule has 0 heterocycles. The molecule has 0 aliphatic heterocycles. The van der Waals surface area contributed by atoms with Gasteiger partial charge in [-0.15, -0.1) is 0 Å². The summed E-state index contributed by atoms with van der Waals surface area (Å²) in [5, 5.41) is 18.8. The molecule has 6 nitrogen and oxygen atoms in total. The minimum atomic E-state index is -4.18. The molecule has 1 atom stereocenters. The number of aliphatic hydroxyl groups is 2. The van der Waals surface area contributed by atoms with Gasteiger partial charge in [-0.05, 0) is 0 Å². The van der Waals surface area contributed by atoms with Crippen molar-refractivity contribution in [3.63, 3.8) is 0 Å². The smallest absolute Gasteiger partial charge is 0.329 e. The molecule has 0 aromatic carbocycles. The van der Waals surface area contributed by atoms with E-state index in [1.807, 2.05) is 5.32 Å². The van der Waals surface area contributed by atoms with Crippen LogP contribution in [0.5, 0.6) is 0 Å². The highest BCUT2D eigenvalue weighted by Gasteiger charge is 2.18. The Morgan fingerprint density at radius 3 is 2.30 bits per heavy atom. The number of hydrogen-bond acceptors (Lipinski definition) is 4. The van der Waals surface area contributed by atoms with Crippen LogP contribution in [-0.2, 0) is 4.57 Å². The van der Waals surface area contributed by atoms with Crippen molar-refractivity contribution < 1.29 is 24.6 Å². The van der Waals surface area contributed by atoms with Gasteiger partial charge in [0.2, 0.25) is 0 Å². The second-order valence-electron chi connectivity index (χ2n) is 1.73. The molecule has 0 aromatic heterocycles. The Balaban J connectivity index is 3.58. The zero-order valence-electron chi connectivity index (χ0n) is 5.14. The van der Waals surface area contributed by atoms with Gasteiger partial charge >= 0.3 is 7.60 Å². The first-order chi connectivity index (χ1) is 4.45. The van der Waals surface area contributed by atoms with E-state index in [1.54, 1.807) is 0 Å². The first-order valence-corrected chi connectivity index (χ1v) is 4.32. The minimum absolute atomic E-state index is 0.513. The van der Waals surface area contributed by atoms with Crippen molar-refractivity contribution in [3.8, 4) is 0 Å². The number of hydrogen-bond donors (Lipinski definition) is 5. The third kappa shape index (κ3) is 6.15. The third-order valence-corrected chi connectivity index (χ3v) is 1.56. The van der Waals surface area contributed by atoms with Crippen molar-refractivity contribution in [1.29, 1.82) is 0 Å². The highest BCUT2D eigenvalue weighted by Crippen LogP contribution is 2.34. The fraction of sp³-hybridized carbons (Fsp3) is 1.00. The predicted octanol–water partition coefficient (Wildman–Crippen LogP) is -1.98. The summed E-state index contributed by atoms with van der Waals surface area (Å²) in [4.78, 5) is 16.5. The summed E-state index contributed by atoms with van der Waals surface area (Å²) >= 11 is 0. The van der Waals surface area contributed by atoms with Crippen LogP contribution in [0.2, 0.25) is 0 Å². The summed E-state index contributed by atoms with van der Waals surface area (Å²) in [6.45, 7) is -0.513. The first kappa shape index (κ1) is 10.0. The molecule has 0 saturated heterocycles. The first-order valence-electron chi connectivity index (χ1n) is 2.52. The highest BCUT2D eigenvalue weighted by molar-refractivity contribution is 7.51. The molecule has 10 heavy (non-hydrogen) atoms. The van der Waals surface area contributed by atoms with E-state index in [9.17, 15) is 4.57 Å². The Morgan fingerprint density at radius 1 is 1.50 bits per heavy atom. The van der Waals surface area contributed by atoms with E-state index in [-0.39, 0.29) is 0 Å². The van der Waals surface area contributed by atoms with Gasteiger partial charge in [-0.3, -0.25) is 9.88 Å². The molecule has 62 valence electrons. The molecule has 0 spiro atoms. The van der Waals surface area contributed by atoms with Gasteiger partial charge in [0.15, 0.2) is 0 Å². The lowest BCUT2D eigenvalue weighted by Gasteiger charge is -2.10. The fourth-order valence-corrected chi connectivity index (χ4v) is 0.975. The summed E-state index contributed by atoms with van der Waals surface area (Å²) < 4.78 is 10.1. The van der Waals surface area contributed by atoms with Gasteiger partial charge in [0, 0.05) is 0 Å². The molecule has 0 rings (SSSR count). The Labute approximate surface area is 57.7 Å². The second kappa shape index (κ2) is 4.02. The van der Waals surface area contributed by atoms with Crippen LogP contribution >= 0.6 is 7.60 Å². The third-order valence-electron chi connectivity index (χ3n) is 0.738. The zero-order valence-corrected chi connectivity index (χ0v) is 6.03. The SMILES string of the molecule is O=P(O)(O)CC(O)NCO. The summed E-state index contributed by atoms with van der Waals surface area (Å²) in [6.07, 6.45) is -2.04. The summed E-state index contributed by atoms with van der Waals surface area (Å²) in [6, 6.07) is 0. The van der Waals surface area contributed by atoms with E-state index < -0.39 is 26.7 Å². The van der Waals surface area contributed by atoms with E-state index in [2.05, 4.69) is 0 Å². The molecule has 0 aliphatic carbocycles. The average molecular weight is 171 g/mol. The lowest BCUT2D eigenvalue weighted by atomic mass is 10.7. The quantitative estimate of drug-likeness (QED) is 0.248. The highest BCUT2D eigenvalue weighted by atomic mass is 31.2. The predicted molar refractivity (Wildman–Crippen MR) is 33.1 cm³/mol. The van der Waals surface area contributed by atoms with Crippen LogP contribution in [-0.4, -0.2) is 39.1 Å².